The molecule has 0 spiro atoms. The minimum Gasteiger partial charge on any atom is -0.326 e. The summed E-state index contributed by atoms with van der Waals surface area (Å²) >= 11 is 0. The highest BCUT2D eigenvalue weighted by Crippen LogP contribution is 2.33. The average Bonchev–Trinajstić information content (AvgIpc) is 3.16. The zero-order valence-corrected chi connectivity index (χ0v) is 14.0. The molecular formula is C17H20F3N5O. The summed E-state index contributed by atoms with van der Waals surface area (Å²) in [7, 11) is 0. The normalized spacial score (nSPS) is 17.1. The minimum atomic E-state index is -4.51. The zero-order chi connectivity index (χ0) is 18.8. The van der Waals surface area contributed by atoms with Crippen molar-refractivity contribution in [1.29, 1.82) is 0 Å². The van der Waals surface area contributed by atoms with Gasteiger partial charge in [-0.3, -0.25) is 9.48 Å². The lowest BCUT2D eigenvalue weighted by Crippen LogP contribution is -2.52. The minimum absolute atomic E-state index is 0.0546. The summed E-state index contributed by atoms with van der Waals surface area (Å²) in [5.74, 6) is -0.384. The fourth-order valence-electron chi connectivity index (χ4n) is 3.22. The van der Waals surface area contributed by atoms with Crippen LogP contribution in [0.25, 0.3) is 0 Å². The van der Waals surface area contributed by atoms with E-state index >= 15 is 0 Å². The second kappa shape index (κ2) is 7.08. The summed E-state index contributed by atoms with van der Waals surface area (Å²) in [6, 6.07) is 5.09. The number of piperidine rings is 1. The summed E-state index contributed by atoms with van der Waals surface area (Å²) in [6.07, 6.45) is -0.262. The van der Waals surface area contributed by atoms with Gasteiger partial charge in [0.15, 0.2) is 0 Å². The van der Waals surface area contributed by atoms with Gasteiger partial charge in [-0.1, -0.05) is 0 Å². The van der Waals surface area contributed by atoms with E-state index in [2.05, 4.69) is 15.7 Å². The number of amides is 1. The molecule has 0 atom stereocenters. The fraction of sp³-hybridized carbons (Fsp3) is 0.412. The Kier molecular flexibility index (Phi) is 5.01. The van der Waals surface area contributed by atoms with Crippen LogP contribution in [-0.2, 0) is 23.1 Å². The molecule has 1 saturated heterocycles. The van der Waals surface area contributed by atoms with Crippen LogP contribution in [-0.4, -0.2) is 28.8 Å². The number of carbonyl (C=O) groups is 1. The van der Waals surface area contributed by atoms with Gasteiger partial charge in [0, 0.05) is 24.6 Å². The molecule has 26 heavy (non-hydrogen) atoms. The van der Waals surface area contributed by atoms with E-state index in [1.54, 1.807) is 23.1 Å². The first-order valence-corrected chi connectivity index (χ1v) is 8.29. The topological polar surface area (TPSA) is 85.0 Å². The summed E-state index contributed by atoms with van der Waals surface area (Å²) in [5.41, 5.74) is 4.11. The van der Waals surface area contributed by atoms with Gasteiger partial charge in [-0.05, 0) is 55.8 Å². The molecule has 0 bridgehead atoms. The first kappa shape index (κ1) is 18.4. The molecule has 2 heterocycles. The zero-order valence-electron chi connectivity index (χ0n) is 14.0. The van der Waals surface area contributed by atoms with Crippen molar-refractivity contribution in [2.24, 2.45) is 5.73 Å². The highest BCUT2D eigenvalue weighted by molar-refractivity contribution is 5.97. The van der Waals surface area contributed by atoms with E-state index in [0.717, 1.165) is 12.1 Å². The summed E-state index contributed by atoms with van der Waals surface area (Å²) in [6.45, 7) is 1.18. The number of benzene rings is 1. The molecule has 1 amide bonds. The summed E-state index contributed by atoms with van der Waals surface area (Å²) < 4.78 is 40.9. The van der Waals surface area contributed by atoms with Gasteiger partial charge in [-0.2, -0.15) is 18.3 Å². The third kappa shape index (κ3) is 3.58. The van der Waals surface area contributed by atoms with Gasteiger partial charge in [0.1, 0.15) is 5.54 Å². The molecule has 0 unspecified atom stereocenters. The van der Waals surface area contributed by atoms with Gasteiger partial charge in [0.25, 0.3) is 5.91 Å². The third-order valence-electron chi connectivity index (χ3n) is 4.61. The molecule has 1 aromatic carbocycles. The lowest BCUT2D eigenvalue weighted by atomic mass is 9.87. The molecule has 0 radical (unpaired) electrons. The predicted octanol–water partition coefficient (Wildman–Crippen LogP) is 2.08. The smallest absolute Gasteiger partial charge is 0.326 e. The number of hydrogen-bond donors (Lipinski definition) is 3. The van der Waals surface area contributed by atoms with Crippen LogP contribution < -0.4 is 16.4 Å². The Morgan fingerprint density at radius 1 is 1.31 bits per heavy atom. The van der Waals surface area contributed by atoms with Crippen LogP contribution >= 0.6 is 0 Å². The number of halogens is 3. The van der Waals surface area contributed by atoms with Crippen LogP contribution in [0.1, 0.15) is 24.0 Å². The quantitative estimate of drug-likeness (QED) is 0.772. The SMILES string of the molecule is NCc1cc(NC(=O)C2(n3cccn3)CCNCC2)cc(C(F)(F)F)c1. The fourth-order valence-corrected chi connectivity index (χ4v) is 3.22. The summed E-state index contributed by atoms with van der Waals surface area (Å²) in [5, 5.41) is 10.0. The highest BCUT2D eigenvalue weighted by atomic mass is 19.4. The maximum Gasteiger partial charge on any atom is 0.416 e. The van der Waals surface area contributed by atoms with Gasteiger partial charge in [0.05, 0.1) is 5.56 Å². The standard InChI is InChI=1S/C17H20F3N5O/c18-17(19,20)13-8-12(11-21)9-14(10-13)24-15(26)16(2-5-22-6-3-16)25-7-1-4-23-25/h1,4,7-10,22H,2-3,5-6,11,21H2,(H,24,26). The lowest BCUT2D eigenvalue weighted by Gasteiger charge is -2.36. The van der Waals surface area contributed by atoms with Crippen molar-refractivity contribution in [3.8, 4) is 0 Å². The van der Waals surface area contributed by atoms with Crippen molar-refractivity contribution in [3.05, 3.63) is 47.8 Å². The Morgan fingerprint density at radius 2 is 2.04 bits per heavy atom. The maximum absolute atomic E-state index is 13.1. The Bertz CT molecular complexity index is 767. The van der Waals surface area contributed by atoms with Crippen molar-refractivity contribution >= 4 is 11.6 Å². The number of carbonyl (C=O) groups excluding carboxylic acids is 1. The van der Waals surface area contributed by atoms with Gasteiger partial charge in [-0.15, -0.1) is 0 Å². The molecule has 4 N–H and O–H groups in total. The second-order valence-corrected chi connectivity index (χ2v) is 6.31. The molecule has 1 fully saturated rings. The van der Waals surface area contributed by atoms with E-state index in [1.807, 2.05) is 0 Å². The molecule has 0 saturated carbocycles. The van der Waals surface area contributed by atoms with Crippen molar-refractivity contribution in [3.63, 3.8) is 0 Å². The number of alkyl halides is 3. The Hall–Kier alpha value is -2.39. The Balaban J connectivity index is 1.93. The van der Waals surface area contributed by atoms with E-state index < -0.39 is 17.3 Å². The molecule has 3 rings (SSSR count). The predicted molar refractivity (Wildman–Crippen MR) is 90.3 cm³/mol. The molecule has 2 aromatic rings. The third-order valence-corrected chi connectivity index (χ3v) is 4.61. The number of nitrogens with one attached hydrogen (secondary N) is 2. The number of aromatic nitrogens is 2. The largest absolute Gasteiger partial charge is 0.416 e. The van der Waals surface area contributed by atoms with Crippen molar-refractivity contribution in [2.45, 2.75) is 31.1 Å². The van der Waals surface area contributed by atoms with Crippen molar-refractivity contribution < 1.29 is 18.0 Å². The van der Waals surface area contributed by atoms with Crippen LogP contribution in [0.4, 0.5) is 18.9 Å². The van der Waals surface area contributed by atoms with E-state index in [4.69, 9.17) is 5.73 Å². The molecule has 0 aliphatic carbocycles. The first-order chi connectivity index (χ1) is 12.3. The number of hydrogen-bond acceptors (Lipinski definition) is 4. The molecule has 1 aliphatic rings. The van der Waals surface area contributed by atoms with Gasteiger partial charge < -0.3 is 16.4 Å². The van der Waals surface area contributed by atoms with Crippen LogP contribution in [0.3, 0.4) is 0 Å². The number of nitrogens with two attached hydrogens (primary N) is 1. The van der Waals surface area contributed by atoms with E-state index in [0.29, 0.717) is 31.5 Å². The van der Waals surface area contributed by atoms with Gasteiger partial charge in [-0.25, -0.2) is 0 Å². The van der Waals surface area contributed by atoms with E-state index in [-0.39, 0.29) is 18.1 Å². The molecule has 1 aliphatic heterocycles. The summed E-state index contributed by atoms with van der Waals surface area (Å²) in [4.78, 5) is 13.0. The number of nitrogens with zero attached hydrogens (tertiary/aromatic N) is 2. The number of anilines is 1. The second-order valence-electron chi connectivity index (χ2n) is 6.31. The molecule has 6 nitrogen and oxygen atoms in total. The Morgan fingerprint density at radius 3 is 2.62 bits per heavy atom. The monoisotopic (exact) mass is 367 g/mol. The van der Waals surface area contributed by atoms with Gasteiger partial charge in [0.2, 0.25) is 0 Å². The maximum atomic E-state index is 13.1. The van der Waals surface area contributed by atoms with Crippen molar-refractivity contribution in [2.75, 3.05) is 18.4 Å². The highest BCUT2D eigenvalue weighted by Gasteiger charge is 2.42. The molecule has 9 heteroatoms. The first-order valence-electron chi connectivity index (χ1n) is 8.29. The molecule has 140 valence electrons. The lowest BCUT2D eigenvalue weighted by molar-refractivity contribution is -0.137. The van der Waals surface area contributed by atoms with Crippen molar-refractivity contribution in [1.82, 2.24) is 15.1 Å². The molecular weight excluding hydrogens is 347 g/mol. The molecule has 1 aromatic heterocycles. The number of rotatable bonds is 4. The van der Waals surface area contributed by atoms with Crippen LogP contribution in [0, 0.1) is 0 Å². The average molecular weight is 367 g/mol. The van der Waals surface area contributed by atoms with Crippen LogP contribution in [0.15, 0.2) is 36.7 Å². The Labute approximate surface area is 148 Å². The van der Waals surface area contributed by atoms with E-state index in [9.17, 15) is 18.0 Å². The van der Waals surface area contributed by atoms with Crippen LogP contribution in [0.2, 0.25) is 0 Å². The van der Waals surface area contributed by atoms with E-state index in [1.165, 1.54) is 6.07 Å². The van der Waals surface area contributed by atoms with Crippen LogP contribution in [0.5, 0.6) is 0 Å². The van der Waals surface area contributed by atoms with Gasteiger partial charge >= 0.3 is 6.18 Å².